The van der Waals surface area contributed by atoms with Crippen molar-refractivity contribution in [1.29, 1.82) is 0 Å². The van der Waals surface area contributed by atoms with Crippen molar-refractivity contribution in [2.75, 3.05) is 26.0 Å². The van der Waals surface area contributed by atoms with E-state index in [1.54, 1.807) is 6.07 Å². The van der Waals surface area contributed by atoms with Crippen LogP contribution in [0.1, 0.15) is 45.7 Å². The minimum absolute atomic E-state index is 0.279. The van der Waals surface area contributed by atoms with Gasteiger partial charge in [0.2, 0.25) is 21.9 Å². The van der Waals surface area contributed by atoms with Crippen LogP contribution in [0.15, 0.2) is 95.9 Å². The van der Waals surface area contributed by atoms with Gasteiger partial charge in [-0.2, -0.15) is 4.31 Å². The number of aliphatic hydroxyl groups is 1. The van der Waals surface area contributed by atoms with Gasteiger partial charge in [-0.15, -0.1) is 11.3 Å². The van der Waals surface area contributed by atoms with E-state index >= 15 is 0 Å². The molecule has 0 radical (unpaired) electrons. The molecule has 266 valence electrons. The Balaban J connectivity index is 1.44. The molecule has 5 rings (SSSR count). The number of ether oxygens (including phenoxy) is 1. The number of aliphatic hydroxyl groups excluding tert-OH is 1. The Morgan fingerprint density at radius 2 is 1.60 bits per heavy atom. The topological polar surface area (TPSA) is 156 Å². The summed E-state index contributed by atoms with van der Waals surface area (Å²) in [7, 11) is -3.42. The zero-order chi connectivity index (χ0) is 36.2. The third kappa shape index (κ3) is 8.02. The molecule has 50 heavy (non-hydrogen) atoms. The maximum atomic E-state index is 14.4. The maximum Gasteiger partial charge on any atom is 0.416 e. The van der Waals surface area contributed by atoms with Gasteiger partial charge in [0.05, 0.1) is 42.9 Å². The fourth-order valence-corrected chi connectivity index (χ4v) is 8.95. The zero-order valence-electron chi connectivity index (χ0n) is 27.0. The van der Waals surface area contributed by atoms with Crippen molar-refractivity contribution < 1.29 is 41.0 Å². The van der Waals surface area contributed by atoms with Crippen LogP contribution in [0.2, 0.25) is 0 Å². The van der Waals surface area contributed by atoms with Crippen LogP contribution in [0.4, 0.5) is 23.7 Å². The quantitative estimate of drug-likeness (QED) is 0.153. The number of hydrogen-bond donors (Lipinski definition) is 3. The van der Waals surface area contributed by atoms with E-state index in [0.717, 1.165) is 57.0 Å². The van der Waals surface area contributed by atoms with Crippen LogP contribution in [0.5, 0.6) is 0 Å². The Bertz CT molecular complexity index is 1870. The second kappa shape index (κ2) is 15.3. The number of sulfonamides is 1. The molecule has 0 saturated heterocycles. The van der Waals surface area contributed by atoms with Gasteiger partial charge in [0.15, 0.2) is 0 Å². The van der Waals surface area contributed by atoms with Crippen LogP contribution in [0.3, 0.4) is 0 Å². The second-order valence-corrected chi connectivity index (χ2v) is 15.2. The summed E-state index contributed by atoms with van der Waals surface area (Å²) in [5.41, 5.74) is 13.4. The first-order valence-electron chi connectivity index (χ1n) is 15.6. The number of thiophene rings is 1. The van der Waals surface area contributed by atoms with E-state index in [-0.39, 0.29) is 18.8 Å². The van der Waals surface area contributed by atoms with E-state index in [1.165, 1.54) is 6.07 Å². The highest BCUT2D eigenvalue weighted by molar-refractivity contribution is 7.89. The molecule has 1 aromatic heterocycles. The van der Waals surface area contributed by atoms with Gasteiger partial charge in [0.25, 0.3) is 0 Å². The molecule has 1 fully saturated rings. The molecule has 1 aliphatic rings. The Kier molecular flexibility index (Phi) is 11.3. The number of alkyl halides is 2. The monoisotopic (exact) mass is 730 g/mol. The number of halogens is 3. The summed E-state index contributed by atoms with van der Waals surface area (Å²) in [5, 5.41) is 10.5. The number of benzene rings is 3. The lowest BCUT2D eigenvalue weighted by Crippen LogP contribution is -2.49. The van der Waals surface area contributed by atoms with Gasteiger partial charge in [-0.1, -0.05) is 60.7 Å². The molecule has 2 amide bonds. The van der Waals surface area contributed by atoms with Crippen LogP contribution >= 0.6 is 11.3 Å². The van der Waals surface area contributed by atoms with Gasteiger partial charge in [0.1, 0.15) is 5.82 Å². The number of hydrogen-bond acceptors (Lipinski definition) is 9. The Labute approximate surface area is 292 Å². The lowest BCUT2D eigenvalue weighted by molar-refractivity contribution is -0.131. The summed E-state index contributed by atoms with van der Waals surface area (Å²) in [6.07, 6.45) is -2.07. The van der Waals surface area contributed by atoms with Crippen LogP contribution < -0.4 is 11.5 Å². The number of methoxy groups -OCH3 is 1. The Morgan fingerprint density at radius 3 is 2.12 bits per heavy atom. The van der Waals surface area contributed by atoms with E-state index in [9.17, 15) is 36.3 Å². The molecule has 0 bridgehead atoms. The highest BCUT2D eigenvalue weighted by Crippen LogP contribution is 2.45. The van der Waals surface area contributed by atoms with E-state index in [2.05, 4.69) is 0 Å². The predicted molar refractivity (Wildman–Crippen MR) is 182 cm³/mol. The molecule has 15 heteroatoms. The van der Waals surface area contributed by atoms with Crippen molar-refractivity contribution in [1.82, 2.24) is 9.21 Å². The van der Waals surface area contributed by atoms with Crippen LogP contribution in [0, 0.1) is 11.7 Å². The van der Waals surface area contributed by atoms with Crippen molar-refractivity contribution in [3.8, 4) is 0 Å². The lowest BCUT2D eigenvalue weighted by Gasteiger charge is -2.39. The molecule has 1 saturated carbocycles. The molecule has 4 aromatic rings. The highest BCUT2D eigenvalue weighted by atomic mass is 32.2. The van der Waals surface area contributed by atoms with Gasteiger partial charge in [-0.3, -0.25) is 4.79 Å². The van der Waals surface area contributed by atoms with Crippen LogP contribution in [0.25, 0.3) is 0 Å². The van der Waals surface area contributed by atoms with Crippen molar-refractivity contribution in [3.05, 3.63) is 118 Å². The van der Waals surface area contributed by atoms with Gasteiger partial charge in [-0.05, 0) is 47.4 Å². The molecule has 10 nitrogen and oxygen atoms in total. The first-order valence-corrected chi connectivity index (χ1v) is 17.9. The highest BCUT2D eigenvalue weighted by Gasteiger charge is 2.48. The van der Waals surface area contributed by atoms with E-state index < -0.39 is 82.0 Å². The molecular weight excluding hydrogens is 694 g/mol. The fourth-order valence-electron chi connectivity index (χ4n) is 6.10. The number of nitrogens with zero attached hydrogens (tertiary/aromatic N) is 2. The first kappa shape index (κ1) is 37.0. The normalized spacial score (nSPS) is 15.8. The van der Waals surface area contributed by atoms with Crippen LogP contribution in [-0.2, 0) is 26.1 Å². The van der Waals surface area contributed by atoms with E-state index in [4.69, 9.17) is 16.2 Å². The summed E-state index contributed by atoms with van der Waals surface area (Å²) in [6.45, 7) is -1.42. The van der Waals surface area contributed by atoms with Gasteiger partial charge in [-0.25, -0.2) is 31.3 Å². The summed E-state index contributed by atoms with van der Waals surface area (Å²) in [5.74, 6) is -5.99. The predicted octanol–water partition coefficient (Wildman–Crippen LogP) is 5.49. The minimum atomic E-state index is -4.54. The average Bonchev–Trinajstić information content (AvgIpc) is 3.56. The summed E-state index contributed by atoms with van der Waals surface area (Å²) < 4.78 is 75.5. The largest absolute Gasteiger partial charge is 0.452 e. The van der Waals surface area contributed by atoms with Gasteiger partial charge in [0, 0.05) is 35.1 Å². The zero-order valence-corrected chi connectivity index (χ0v) is 28.6. The number of nitrogen functional groups attached to an aromatic ring is 1. The standard InChI is InChI=1S/C35H37F3N4O6S2/c1-48-34(45)41(33(44)32(40)31(23-8-4-2-5-9-23)24-10-6-3-7-11-24)20-25-12-15-30(49-25)29(21-43)42(19-22-17-35(37,38)18-22)50(46,47)26-13-14-28(39)27(36)16-26/h2-16,22,29,31-32,43H,17-21,39-40H2,1H3/t29-,32+/m1/s1. The lowest BCUT2D eigenvalue weighted by atomic mass is 9.81. The molecule has 1 aliphatic carbocycles. The summed E-state index contributed by atoms with van der Waals surface area (Å²) >= 11 is 0.999. The molecule has 0 spiro atoms. The molecule has 3 aromatic carbocycles. The first-order chi connectivity index (χ1) is 23.8. The molecule has 5 N–H and O–H groups in total. The van der Waals surface area contributed by atoms with Crippen molar-refractivity contribution in [3.63, 3.8) is 0 Å². The number of anilines is 1. The molecule has 2 atom stereocenters. The number of nitrogens with two attached hydrogens (primary N) is 2. The summed E-state index contributed by atoms with van der Waals surface area (Å²) in [6, 6.07) is 21.7. The smallest absolute Gasteiger partial charge is 0.416 e. The van der Waals surface area contributed by atoms with E-state index in [0.29, 0.717) is 9.75 Å². The van der Waals surface area contributed by atoms with Crippen molar-refractivity contribution >= 4 is 39.0 Å². The third-order valence-electron chi connectivity index (χ3n) is 8.66. The van der Waals surface area contributed by atoms with Crippen LogP contribution in [-0.4, -0.2) is 67.0 Å². The average molecular weight is 731 g/mol. The van der Waals surface area contributed by atoms with E-state index in [1.807, 2.05) is 60.7 Å². The number of amides is 2. The summed E-state index contributed by atoms with van der Waals surface area (Å²) in [4.78, 5) is 28.1. The maximum absolute atomic E-state index is 14.4. The molecular formula is C35H37F3N4O6S2. The Morgan fingerprint density at radius 1 is 1.00 bits per heavy atom. The molecule has 1 heterocycles. The molecule has 0 unspecified atom stereocenters. The third-order valence-corrected chi connectivity index (χ3v) is 11.7. The SMILES string of the molecule is COC(=O)N(Cc1ccc([C@@H](CO)N(CC2CC(F)(F)C2)S(=O)(=O)c2ccc(N)c(F)c2)s1)C(=O)[C@@H](N)C(c1ccccc1)c1ccccc1. The number of rotatable bonds is 13. The molecule has 0 aliphatic heterocycles. The van der Waals surface area contributed by atoms with Crippen molar-refractivity contribution in [2.24, 2.45) is 11.7 Å². The fraction of sp³-hybridized carbons (Fsp3) is 0.314. The van der Waals surface area contributed by atoms with Gasteiger partial charge >= 0.3 is 6.09 Å². The van der Waals surface area contributed by atoms with Crippen molar-refractivity contribution in [2.45, 2.75) is 48.2 Å². The Hall–Kier alpha value is -4.28. The minimum Gasteiger partial charge on any atom is -0.452 e. The number of carbonyl (C=O) groups is 2. The van der Waals surface area contributed by atoms with Gasteiger partial charge < -0.3 is 21.3 Å². The number of carbonyl (C=O) groups excluding carboxylic acids is 2. The number of imide groups is 1. The second-order valence-electron chi connectivity index (χ2n) is 12.1.